The van der Waals surface area contributed by atoms with Gasteiger partial charge in [-0.05, 0) is 39.8 Å². The molecule has 36 heavy (non-hydrogen) atoms. The topological polar surface area (TPSA) is 178 Å². The molecule has 0 aliphatic carbocycles. The van der Waals surface area contributed by atoms with E-state index < -0.39 is 68.3 Å². The van der Waals surface area contributed by atoms with E-state index in [0.717, 1.165) is 4.57 Å². The van der Waals surface area contributed by atoms with Gasteiger partial charge in [-0.1, -0.05) is 18.2 Å². The number of para-hydroxylation sites is 1. The Kier molecular flexibility index (Phi) is 8.88. The molecular formula is C22H30N3O10P. The Hall–Kier alpha value is -2.80. The number of H-pyrrole nitrogens is 1. The summed E-state index contributed by atoms with van der Waals surface area (Å²) in [4.78, 5) is 38.2. The van der Waals surface area contributed by atoms with E-state index in [1.807, 2.05) is 0 Å². The maximum absolute atomic E-state index is 13.6. The van der Waals surface area contributed by atoms with Gasteiger partial charge in [0.2, 0.25) is 0 Å². The molecule has 0 bridgehead atoms. The van der Waals surface area contributed by atoms with Gasteiger partial charge in [0.15, 0.2) is 6.23 Å². The molecule has 3 rings (SSSR count). The molecule has 198 valence electrons. The van der Waals surface area contributed by atoms with Gasteiger partial charge in [-0.2, -0.15) is 5.09 Å². The SMILES string of the molecule is Cc1cn([C@H]2O[C@@H](CO[P@](=O)(N[C@@H](C)C(=O)OC(C)C)Oc3ccccc3)C(O)[C@H]2O)c(=O)[nH]c1=O. The molecule has 2 aromatic rings. The fourth-order valence-corrected chi connectivity index (χ4v) is 4.88. The van der Waals surface area contributed by atoms with Crippen LogP contribution in [0.4, 0.5) is 0 Å². The van der Waals surface area contributed by atoms with Crippen LogP contribution in [0, 0.1) is 6.92 Å². The van der Waals surface area contributed by atoms with Crippen molar-refractivity contribution in [3.8, 4) is 5.75 Å². The molecule has 0 amide bonds. The van der Waals surface area contributed by atoms with Gasteiger partial charge in [-0.3, -0.25) is 23.7 Å². The Morgan fingerprint density at radius 2 is 1.86 bits per heavy atom. The normalized spacial score (nSPS) is 24.3. The highest BCUT2D eigenvalue weighted by atomic mass is 31.2. The number of aliphatic hydroxyl groups is 2. The molecule has 0 spiro atoms. The van der Waals surface area contributed by atoms with Gasteiger partial charge in [0.1, 0.15) is 30.1 Å². The van der Waals surface area contributed by atoms with E-state index in [0.29, 0.717) is 0 Å². The summed E-state index contributed by atoms with van der Waals surface area (Å²) in [5, 5.41) is 23.5. The molecule has 6 atom stereocenters. The van der Waals surface area contributed by atoms with Gasteiger partial charge >= 0.3 is 19.4 Å². The number of hydrogen-bond acceptors (Lipinski definition) is 10. The summed E-state index contributed by atoms with van der Waals surface area (Å²) in [6, 6.07) is 6.98. The first-order chi connectivity index (χ1) is 16.9. The zero-order valence-electron chi connectivity index (χ0n) is 20.2. The van der Waals surface area contributed by atoms with E-state index in [1.54, 1.807) is 32.0 Å². The Morgan fingerprint density at radius 1 is 1.19 bits per heavy atom. The summed E-state index contributed by atoms with van der Waals surface area (Å²) in [5.41, 5.74) is -1.26. The zero-order chi connectivity index (χ0) is 26.6. The number of carbonyl (C=O) groups excluding carboxylic acids is 1. The van der Waals surface area contributed by atoms with E-state index in [1.165, 1.54) is 32.2 Å². The highest BCUT2D eigenvalue weighted by molar-refractivity contribution is 7.52. The van der Waals surface area contributed by atoms with Crippen LogP contribution in [0.25, 0.3) is 0 Å². The van der Waals surface area contributed by atoms with Crippen molar-refractivity contribution in [2.24, 2.45) is 0 Å². The summed E-state index contributed by atoms with van der Waals surface area (Å²) in [7, 11) is -4.25. The number of rotatable bonds is 10. The molecule has 1 aromatic heterocycles. The average molecular weight is 527 g/mol. The first kappa shape index (κ1) is 27.8. The van der Waals surface area contributed by atoms with Crippen LogP contribution in [-0.4, -0.2) is 62.8 Å². The van der Waals surface area contributed by atoms with Crippen LogP contribution >= 0.6 is 7.75 Å². The molecule has 0 radical (unpaired) electrons. The van der Waals surface area contributed by atoms with Crippen LogP contribution in [0.2, 0.25) is 0 Å². The van der Waals surface area contributed by atoms with Crippen molar-refractivity contribution in [3.05, 3.63) is 62.9 Å². The Bertz CT molecular complexity index is 1210. The number of ether oxygens (including phenoxy) is 2. The largest absolute Gasteiger partial charge is 0.462 e. The van der Waals surface area contributed by atoms with E-state index in [2.05, 4.69) is 10.1 Å². The van der Waals surface area contributed by atoms with Gasteiger partial charge in [-0.15, -0.1) is 0 Å². The van der Waals surface area contributed by atoms with Crippen LogP contribution in [0.15, 0.2) is 46.1 Å². The Balaban J connectivity index is 1.77. The fourth-order valence-electron chi connectivity index (χ4n) is 3.38. The molecule has 1 aliphatic rings. The van der Waals surface area contributed by atoms with Crippen molar-refractivity contribution in [3.63, 3.8) is 0 Å². The summed E-state index contributed by atoms with van der Waals surface area (Å²) in [6.07, 6.45) is -4.91. The predicted octanol–water partition coefficient (Wildman–Crippen LogP) is 0.598. The number of nitrogens with zero attached hydrogens (tertiary/aromatic N) is 1. The molecule has 2 heterocycles. The number of aromatic nitrogens is 2. The van der Waals surface area contributed by atoms with E-state index in [9.17, 15) is 29.2 Å². The Labute approximate surface area is 206 Å². The maximum Gasteiger partial charge on any atom is 0.459 e. The molecule has 13 nitrogen and oxygen atoms in total. The summed E-state index contributed by atoms with van der Waals surface area (Å²) >= 11 is 0. The minimum absolute atomic E-state index is 0.179. The minimum Gasteiger partial charge on any atom is -0.462 e. The molecule has 1 aromatic carbocycles. The minimum atomic E-state index is -4.25. The second-order valence-electron chi connectivity index (χ2n) is 8.56. The number of benzene rings is 1. The number of aliphatic hydroxyl groups excluding tert-OH is 2. The third kappa shape index (κ3) is 6.69. The van der Waals surface area contributed by atoms with Crippen molar-refractivity contribution in [2.45, 2.75) is 64.4 Å². The lowest BCUT2D eigenvalue weighted by Gasteiger charge is -2.25. The summed E-state index contributed by atoms with van der Waals surface area (Å²) in [5.74, 6) is -0.509. The van der Waals surface area contributed by atoms with Crippen molar-refractivity contribution >= 4 is 13.7 Å². The molecule has 1 aliphatic heterocycles. The quantitative estimate of drug-likeness (QED) is 0.251. The van der Waals surface area contributed by atoms with Gasteiger partial charge in [0, 0.05) is 11.8 Å². The second-order valence-corrected chi connectivity index (χ2v) is 10.3. The number of carbonyl (C=O) groups is 1. The highest BCUT2D eigenvalue weighted by Crippen LogP contribution is 2.46. The van der Waals surface area contributed by atoms with E-state index in [-0.39, 0.29) is 11.3 Å². The second kappa shape index (κ2) is 11.5. The van der Waals surface area contributed by atoms with Gasteiger partial charge < -0.3 is 24.2 Å². The standard InChI is InChI=1S/C22H30N3O10P/c1-12(2)33-21(29)14(4)24-36(31,35-15-8-6-5-7-9-15)32-11-16-17(26)18(27)20(34-16)25-10-13(3)19(28)23-22(25)30/h5-10,12,14,16-18,20,26-27H,11H2,1-4H3,(H,24,31)(H,23,28,30)/t14-,16-,17?,18+,20-,36+/m0/s1. The maximum atomic E-state index is 13.6. The van der Waals surface area contributed by atoms with Crippen molar-refractivity contribution in [1.82, 2.24) is 14.6 Å². The molecule has 4 N–H and O–H groups in total. The number of aromatic amines is 1. The summed E-state index contributed by atoms with van der Waals surface area (Å²) in [6.45, 7) is 5.66. The van der Waals surface area contributed by atoms with Crippen LogP contribution < -0.4 is 20.9 Å². The third-order valence-corrected chi connectivity index (χ3v) is 6.84. The van der Waals surface area contributed by atoms with Crippen LogP contribution in [0.1, 0.15) is 32.6 Å². The fraction of sp³-hybridized carbons (Fsp3) is 0.500. The van der Waals surface area contributed by atoms with Crippen molar-refractivity contribution < 1.29 is 38.1 Å². The molecule has 14 heteroatoms. The van der Waals surface area contributed by atoms with Gasteiger partial charge in [-0.25, -0.2) is 9.36 Å². The van der Waals surface area contributed by atoms with E-state index in [4.69, 9.17) is 18.5 Å². The molecule has 0 saturated carbocycles. The average Bonchev–Trinajstić information content (AvgIpc) is 3.08. The molecule has 1 saturated heterocycles. The first-order valence-corrected chi connectivity index (χ1v) is 12.8. The monoisotopic (exact) mass is 527 g/mol. The molecule has 1 unspecified atom stereocenters. The third-order valence-electron chi connectivity index (χ3n) is 5.19. The lowest BCUT2D eigenvalue weighted by atomic mass is 10.1. The Morgan fingerprint density at radius 3 is 2.50 bits per heavy atom. The lowest BCUT2D eigenvalue weighted by Crippen LogP contribution is -2.39. The van der Waals surface area contributed by atoms with Gasteiger partial charge in [0.25, 0.3) is 5.56 Å². The first-order valence-electron chi connectivity index (χ1n) is 11.2. The van der Waals surface area contributed by atoms with Crippen molar-refractivity contribution in [2.75, 3.05) is 6.61 Å². The smallest absolute Gasteiger partial charge is 0.459 e. The molecule has 1 fully saturated rings. The predicted molar refractivity (Wildman–Crippen MR) is 126 cm³/mol. The lowest BCUT2D eigenvalue weighted by molar-refractivity contribution is -0.149. The van der Waals surface area contributed by atoms with Crippen LogP contribution in [-0.2, 0) is 23.4 Å². The van der Waals surface area contributed by atoms with Crippen LogP contribution in [0.3, 0.4) is 0 Å². The number of nitrogens with one attached hydrogen (secondary N) is 2. The van der Waals surface area contributed by atoms with E-state index >= 15 is 0 Å². The summed E-state index contributed by atoms with van der Waals surface area (Å²) < 4.78 is 36.3. The number of esters is 1. The zero-order valence-corrected chi connectivity index (χ0v) is 21.1. The van der Waals surface area contributed by atoms with Crippen molar-refractivity contribution in [1.29, 1.82) is 0 Å². The molecular weight excluding hydrogens is 497 g/mol. The van der Waals surface area contributed by atoms with Crippen LogP contribution in [0.5, 0.6) is 5.75 Å². The number of hydrogen-bond donors (Lipinski definition) is 4. The van der Waals surface area contributed by atoms with Gasteiger partial charge in [0.05, 0.1) is 12.7 Å². The highest BCUT2D eigenvalue weighted by Gasteiger charge is 2.46. The number of aryl methyl sites for hydroxylation is 1.